The number of aromatic nitrogens is 2. The van der Waals surface area contributed by atoms with Crippen LogP contribution in [0.2, 0.25) is 0 Å². The van der Waals surface area contributed by atoms with Crippen LogP contribution in [0.1, 0.15) is 43.6 Å². The van der Waals surface area contributed by atoms with E-state index in [-0.39, 0.29) is 0 Å². The molecule has 2 atom stereocenters. The Hall–Kier alpha value is -0.830. The highest BCUT2D eigenvalue weighted by Gasteiger charge is 2.31. The normalized spacial score (nSPS) is 37.0. The second-order valence-corrected chi connectivity index (χ2v) is 4.68. The van der Waals surface area contributed by atoms with Gasteiger partial charge >= 0.3 is 0 Å². The van der Waals surface area contributed by atoms with Gasteiger partial charge in [-0.1, -0.05) is 0 Å². The Morgan fingerprint density at radius 2 is 1.86 bits per heavy atom. The Morgan fingerprint density at radius 1 is 1.14 bits per heavy atom. The fourth-order valence-corrected chi connectivity index (χ4v) is 2.82. The Balaban J connectivity index is 1.69. The summed E-state index contributed by atoms with van der Waals surface area (Å²) in [4.78, 5) is 0. The van der Waals surface area contributed by atoms with Gasteiger partial charge < -0.3 is 5.32 Å². The van der Waals surface area contributed by atoms with Crippen molar-refractivity contribution in [1.82, 2.24) is 15.5 Å². The third-order valence-corrected chi connectivity index (χ3v) is 3.76. The van der Waals surface area contributed by atoms with Crippen LogP contribution < -0.4 is 5.32 Å². The first kappa shape index (κ1) is 8.48. The van der Waals surface area contributed by atoms with E-state index in [4.69, 9.17) is 0 Å². The number of hydrogen-bond acceptors (Lipinski definition) is 2. The first-order valence-electron chi connectivity index (χ1n) is 5.66. The number of hydrogen-bond donors (Lipinski definition) is 2. The lowest BCUT2D eigenvalue weighted by Crippen LogP contribution is -2.53. The lowest BCUT2D eigenvalue weighted by Gasteiger charge is -2.41. The third-order valence-electron chi connectivity index (χ3n) is 3.76. The molecule has 0 spiro atoms. The molecule has 2 bridgehead atoms. The van der Waals surface area contributed by atoms with Gasteiger partial charge in [0.05, 0.1) is 6.20 Å². The summed E-state index contributed by atoms with van der Waals surface area (Å²) in [6, 6.07) is 1.63. The van der Waals surface area contributed by atoms with E-state index in [0.29, 0.717) is 0 Å². The first-order chi connectivity index (χ1) is 6.92. The minimum Gasteiger partial charge on any atom is -0.311 e. The van der Waals surface area contributed by atoms with E-state index in [1.807, 2.05) is 6.20 Å². The minimum absolute atomic E-state index is 0.751. The molecule has 3 fully saturated rings. The summed E-state index contributed by atoms with van der Waals surface area (Å²) in [5, 5.41) is 10.6. The maximum atomic E-state index is 4.04. The zero-order chi connectivity index (χ0) is 9.38. The SMILES string of the molecule is c1n[nH]cc1C1CCC2CC(CC1)N2. The molecule has 3 heterocycles. The number of H-pyrrole nitrogens is 1. The molecular formula is C11H17N3. The van der Waals surface area contributed by atoms with E-state index in [1.54, 1.807) is 0 Å². The van der Waals surface area contributed by atoms with Gasteiger partial charge in [-0.2, -0.15) is 5.10 Å². The predicted octanol–water partition coefficient (Wildman–Crippen LogP) is 1.80. The van der Waals surface area contributed by atoms with Gasteiger partial charge in [-0.05, 0) is 43.6 Å². The lowest BCUT2D eigenvalue weighted by molar-refractivity contribution is 0.202. The van der Waals surface area contributed by atoms with Crippen LogP contribution in [0.5, 0.6) is 0 Å². The van der Waals surface area contributed by atoms with Crippen LogP contribution in [0.4, 0.5) is 0 Å². The van der Waals surface area contributed by atoms with Crippen LogP contribution in [0, 0.1) is 0 Å². The molecular weight excluding hydrogens is 174 g/mol. The zero-order valence-electron chi connectivity index (χ0n) is 8.37. The van der Waals surface area contributed by atoms with Gasteiger partial charge in [0.15, 0.2) is 0 Å². The molecule has 14 heavy (non-hydrogen) atoms. The maximum absolute atomic E-state index is 4.04. The smallest absolute Gasteiger partial charge is 0.0522 e. The maximum Gasteiger partial charge on any atom is 0.0522 e. The molecule has 1 aromatic heterocycles. The molecule has 4 rings (SSSR count). The highest BCUT2D eigenvalue weighted by molar-refractivity contribution is 5.11. The molecule has 0 radical (unpaired) electrons. The van der Waals surface area contributed by atoms with E-state index in [2.05, 4.69) is 21.7 Å². The van der Waals surface area contributed by atoms with Crippen LogP contribution in [0.3, 0.4) is 0 Å². The van der Waals surface area contributed by atoms with E-state index < -0.39 is 0 Å². The minimum atomic E-state index is 0.751. The van der Waals surface area contributed by atoms with Crippen molar-refractivity contribution in [3.63, 3.8) is 0 Å². The van der Waals surface area contributed by atoms with Crippen molar-refractivity contribution in [3.05, 3.63) is 18.0 Å². The summed E-state index contributed by atoms with van der Waals surface area (Å²) in [5.74, 6) is 0.751. The standard InChI is InChI=1S/C11H17N3/c1-3-10-5-11(14-10)4-2-8(1)9-6-12-13-7-9/h6-8,10-11,14H,1-5H2,(H,12,13). The van der Waals surface area contributed by atoms with E-state index in [0.717, 1.165) is 18.0 Å². The Morgan fingerprint density at radius 3 is 2.43 bits per heavy atom. The second-order valence-electron chi connectivity index (χ2n) is 4.68. The summed E-state index contributed by atoms with van der Waals surface area (Å²) < 4.78 is 0. The van der Waals surface area contributed by atoms with Crippen LogP contribution in [0.15, 0.2) is 12.4 Å². The molecule has 1 aromatic rings. The zero-order valence-corrected chi connectivity index (χ0v) is 8.37. The van der Waals surface area contributed by atoms with E-state index >= 15 is 0 Å². The average Bonchev–Trinajstić information content (AvgIpc) is 2.51. The highest BCUT2D eigenvalue weighted by atomic mass is 15.1. The fourth-order valence-electron chi connectivity index (χ4n) is 2.82. The van der Waals surface area contributed by atoms with Gasteiger partial charge in [0.25, 0.3) is 0 Å². The molecule has 0 aromatic carbocycles. The molecule has 76 valence electrons. The van der Waals surface area contributed by atoms with Crippen molar-refractivity contribution < 1.29 is 0 Å². The van der Waals surface area contributed by atoms with Crippen LogP contribution in [-0.4, -0.2) is 22.3 Å². The molecule has 3 heteroatoms. The van der Waals surface area contributed by atoms with Crippen molar-refractivity contribution in [1.29, 1.82) is 0 Å². The molecule has 2 aliphatic heterocycles. The van der Waals surface area contributed by atoms with Crippen LogP contribution in [0.25, 0.3) is 0 Å². The molecule has 3 aliphatic rings. The van der Waals surface area contributed by atoms with Crippen LogP contribution in [-0.2, 0) is 0 Å². The number of nitrogens with zero attached hydrogens (tertiary/aromatic N) is 1. The number of aromatic amines is 1. The number of nitrogens with one attached hydrogen (secondary N) is 2. The van der Waals surface area contributed by atoms with Crippen molar-refractivity contribution in [2.24, 2.45) is 0 Å². The fraction of sp³-hybridized carbons (Fsp3) is 0.727. The van der Waals surface area contributed by atoms with Gasteiger partial charge in [0, 0.05) is 18.3 Å². The van der Waals surface area contributed by atoms with E-state index in [9.17, 15) is 0 Å². The largest absolute Gasteiger partial charge is 0.311 e. The highest BCUT2D eigenvalue weighted by Crippen LogP contribution is 2.34. The summed E-state index contributed by atoms with van der Waals surface area (Å²) >= 11 is 0. The van der Waals surface area contributed by atoms with Gasteiger partial charge in [-0.25, -0.2) is 0 Å². The molecule has 2 N–H and O–H groups in total. The second kappa shape index (κ2) is 3.39. The molecule has 1 aliphatic carbocycles. The topological polar surface area (TPSA) is 40.7 Å². The third kappa shape index (κ3) is 1.46. The Kier molecular flexibility index (Phi) is 2.05. The Labute approximate surface area is 84.3 Å². The first-order valence-corrected chi connectivity index (χ1v) is 5.66. The predicted molar refractivity (Wildman–Crippen MR) is 55.1 cm³/mol. The summed E-state index contributed by atoms with van der Waals surface area (Å²) in [6.45, 7) is 0. The summed E-state index contributed by atoms with van der Waals surface area (Å²) in [5.41, 5.74) is 1.41. The quantitative estimate of drug-likeness (QED) is 0.710. The lowest BCUT2D eigenvalue weighted by atomic mass is 9.79. The molecule has 3 nitrogen and oxygen atoms in total. The van der Waals surface area contributed by atoms with Gasteiger partial charge in [-0.3, -0.25) is 5.10 Å². The number of rotatable bonds is 1. The van der Waals surface area contributed by atoms with Crippen molar-refractivity contribution in [2.75, 3.05) is 0 Å². The van der Waals surface area contributed by atoms with Crippen molar-refractivity contribution in [2.45, 2.75) is 50.1 Å². The van der Waals surface area contributed by atoms with Crippen molar-refractivity contribution >= 4 is 0 Å². The van der Waals surface area contributed by atoms with Crippen molar-refractivity contribution in [3.8, 4) is 0 Å². The van der Waals surface area contributed by atoms with Gasteiger partial charge in [-0.15, -0.1) is 0 Å². The summed E-state index contributed by atoms with van der Waals surface area (Å²) in [6.07, 6.45) is 10.8. The summed E-state index contributed by atoms with van der Waals surface area (Å²) in [7, 11) is 0. The van der Waals surface area contributed by atoms with E-state index in [1.165, 1.54) is 37.7 Å². The van der Waals surface area contributed by atoms with Gasteiger partial charge in [0.2, 0.25) is 0 Å². The molecule has 2 saturated heterocycles. The van der Waals surface area contributed by atoms with Crippen LogP contribution >= 0.6 is 0 Å². The Bertz CT molecular complexity index is 275. The van der Waals surface area contributed by atoms with Gasteiger partial charge in [0.1, 0.15) is 0 Å². The monoisotopic (exact) mass is 191 g/mol. The molecule has 2 unspecified atom stereocenters. The molecule has 1 saturated carbocycles. The number of fused-ring (bicyclic) bond motifs is 4. The molecule has 0 amide bonds. The average molecular weight is 191 g/mol.